The number of ether oxygens (including phenoxy) is 1. The van der Waals surface area contributed by atoms with E-state index in [-0.39, 0.29) is 6.04 Å². The summed E-state index contributed by atoms with van der Waals surface area (Å²) in [5.74, 6) is 2.37. The van der Waals surface area contributed by atoms with Crippen LogP contribution in [0.3, 0.4) is 0 Å². The molecule has 0 fully saturated rings. The molecule has 0 bridgehead atoms. The van der Waals surface area contributed by atoms with Crippen LogP contribution in [0.1, 0.15) is 23.1 Å². The molecule has 3 aromatic heterocycles. The Hall–Kier alpha value is -5.22. The third-order valence-electron chi connectivity index (χ3n) is 5.56. The minimum Gasteiger partial charge on any atom is -0.436 e. The second kappa shape index (κ2) is 9.57. The van der Waals surface area contributed by atoms with E-state index in [0.717, 1.165) is 22.3 Å². The SMILES string of the molecule is Cc1cc(/C=C/C#N)cc(C)c1Oc1nc(NC2C=C(C#N)C2)nc2nc(Nc3ccccn3)[nH]c12. The highest BCUT2D eigenvalue weighted by Gasteiger charge is 2.22. The fourth-order valence-electron chi connectivity index (χ4n) is 3.89. The third kappa shape index (κ3) is 4.69. The van der Waals surface area contributed by atoms with Crippen LogP contribution in [-0.4, -0.2) is 31.0 Å². The average Bonchev–Trinajstić information content (AvgIpc) is 3.25. The predicted molar refractivity (Wildman–Crippen MR) is 136 cm³/mol. The number of nitrogens with zero attached hydrogens (tertiary/aromatic N) is 6. The lowest BCUT2D eigenvalue weighted by molar-refractivity contribution is 0.460. The van der Waals surface area contributed by atoms with E-state index in [9.17, 15) is 0 Å². The summed E-state index contributed by atoms with van der Waals surface area (Å²) in [6, 6.07) is 13.5. The number of hydrogen-bond donors (Lipinski definition) is 3. The fraction of sp³-hybridized carbons (Fsp3) is 0.154. The zero-order valence-corrected chi connectivity index (χ0v) is 19.6. The van der Waals surface area contributed by atoms with Crippen LogP contribution in [0, 0.1) is 36.5 Å². The highest BCUT2D eigenvalue weighted by molar-refractivity contribution is 5.81. The molecule has 0 saturated heterocycles. The molecule has 4 aromatic rings. The Balaban J connectivity index is 1.53. The lowest BCUT2D eigenvalue weighted by Gasteiger charge is -2.22. The molecule has 1 aromatic carbocycles. The van der Waals surface area contributed by atoms with Gasteiger partial charge in [-0.25, -0.2) is 4.98 Å². The number of aromatic nitrogens is 5. The first-order valence-electron chi connectivity index (χ1n) is 11.2. The monoisotopic (exact) mass is 475 g/mol. The molecule has 3 heterocycles. The summed E-state index contributed by atoms with van der Waals surface area (Å²) in [4.78, 5) is 21.2. The number of fused-ring (bicyclic) bond motifs is 1. The molecule has 10 heteroatoms. The summed E-state index contributed by atoms with van der Waals surface area (Å²) in [7, 11) is 0. The Labute approximate surface area is 207 Å². The van der Waals surface area contributed by atoms with Gasteiger partial charge in [-0.15, -0.1) is 0 Å². The van der Waals surface area contributed by atoms with Gasteiger partial charge in [0.15, 0.2) is 11.2 Å². The van der Waals surface area contributed by atoms with Crippen molar-refractivity contribution in [3.8, 4) is 23.8 Å². The van der Waals surface area contributed by atoms with Crippen molar-refractivity contribution in [1.82, 2.24) is 24.9 Å². The first-order chi connectivity index (χ1) is 17.5. The van der Waals surface area contributed by atoms with Gasteiger partial charge >= 0.3 is 0 Å². The Kier molecular flexibility index (Phi) is 6.00. The van der Waals surface area contributed by atoms with Gasteiger partial charge in [-0.2, -0.15) is 25.5 Å². The topological polar surface area (TPSA) is 148 Å². The number of pyridine rings is 1. The van der Waals surface area contributed by atoms with Gasteiger partial charge < -0.3 is 20.4 Å². The van der Waals surface area contributed by atoms with Crippen LogP contribution in [0.15, 0.2) is 54.3 Å². The lowest BCUT2D eigenvalue weighted by atomic mass is 9.94. The van der Waals surface area contributed by atoms with Crippen molar-refractivity contribution >= 4 is 35.0 Å². The van der Waals surface area contributed by atoms with Crippen molar-refractivity contribution in [1.29, 1.82) is 10.5 Å². The second-order valence-electron chi connectivity index (χ2n) is 8.28. The van der Waals surface area contributed by atoms with Crippen molar-refractivity contribution in [2.75, 3.05) is 10.6 Å². The molecule has 1 aliphatic rings. The van der Waals surface area contributed by atoms with Gasteiger partial charge in [-0.05, 0) is 67.0 Å². The van der Waals surface area contributed by atoms with E-state index >= 15 is 0 Å². The maximum Gasteiger partial charge on any atom is 0.250 e. The molecular formula is C26H21N9O. The summed E-state index contributed by atoms with van der Waals surface area (Å²) in [5.41, 5.74) is 4.34. The van der Waals surface area contributed by atoms with Gasteiger partial charge in [-0.1, -0.05) is 6.07 Å². The van der Waals surface area contributed by atoms with Crippen LogP contribution in [0.5, 0.6) is 11.6 Å². The van der Waals surface area contributed by atoms with Gasteiger partial charge in [0.25, 0.3) is 5.88 Å². The largest absolute Gasteiger partial charge is 0.436 e. The van der Waals surface area contributed by atoms with Gasteiger partial charge in [0.1, 0.15) is 11.6 Å². The zero-order chi connectivity index (χ0) is 25.1. The molecule has 5 rings (SSSR count). The number of allylic oxidation sites excluding steroid dienone is 1. The van der Waals surface area contributed by atoms with Crippen LogP contribution >= 0.6 is 0 Å². The van der Waals surface area contributed by atoms with E-state index in [2.05, 4.69) is 41.6 Å². The quantitative estimate of drug-likeness (QED) is 0.311. The smallest absolute Gasteiger partial charge is 0.250 e. The Morgan fingerprint density at radius 1 is 1.14 bits per heavy atom. The number of aromatic amines is 1. The zero-order valence-electron chi connectivity index (χ0n) is 19.6. The van der Waals surface area contributed by atoms with Crippen LogP contribution < -0.4 is 15.4 Å². The van der Waals surface area contributed by atoms with E-state index in [1.807, 2.05) is 56.3 Å². The van der Waals surface area contributed by atoms with Crippen LogP contribution in [0.25, 0.3) is 17.2 Å². The first kappa shape index (κ1) is 22.6. The van der Waals surface area contributed by atoms with Crippen molar-refractivity contribution in [2.45, 2.75) is 26.3 Å². The fourth-order valence-corrected chi connectivity index (χ4v) is 3.89. The number of benzene rings is 1. The van der Waals surface area contributed by atoms with Gasteiger partial charge in [0.05, 0.1) is 18.2 Å². The maximum atomic E-state index is 9.02. The molecule has 36 heavy (non-hydrogen) atoms. The number of anilines is 3. The van der Waals surface area contributed by atoms with Crippen molar-refractivity contribution < 1.29 is 4.74 Å². The highest BCUT2D eigenvalue weighted by Crippen LogP contribution is 2.34. The molecule has 0 saturated carbocycles. The predicted octanol–water partition coefficient (Wildman–Crippen LogP) is 5.07. The molecular weight excluding hydrogens is 454 g/mol. The average molecular weight is 476 g/mol. The van der Waals surface area contributed by atoms with Crippen LogP contribution in [0.2, 0.25) is 0 Å². The molecule has 1 unspecified atom stereocenters. The standard InChI is InChI=1S/C26H21N9O/c1-15-10-17(6-5-8-27)11-16(2)22(15)36-24-21-23(33-25(35-24)30-19-12-18(13-19)14-28)34-26(32-21)31-20-7-3-4-9-29-20/h3-7,9-12,19H,13H2,1-2H3,(H3,29,30,31,32,33,34,35)/b6-5+. The molecule has 0 radical (unpaired) electrons. The number of nitrogens with one attached hydrogen (secondary N) is 3. The normalized spacial score (nSPS) is 14.6. The first-order valence-corrected chi connectivity index (χ1v) is 11.2. The number of imidazole rings is 1. The van der Waals surface area contributed by atoms with E-state index in [0.29, 0.717) is 46.9 Å². The van der Waals surface area contributed by atoms with Crippen molar-refractivity contribution in [2.24, 2.45) is 0 Å². The molecule has 0 aliphatic heterocycles. The van der Waals surface area contributed by atoms with Gasteiger partial charge in [-0.3, -0.25) is 0 Å². The minimum absolute atomic E-state index is 0.0373. The molecule has 0 spiro atoms. The molecule has 3 N–H and O–H groups in total. The van der Waals surface area contributed by atoms with Crippen molar-refractivity contribution in [3.63, 3.8) is 0 Å². The Morgan fingerprint density at radius 3 is 2.64 bits per heavy atom. The van der Waals surface area contributed by atoms with E-state index in [1.165, 1.54) is 6.08 Å². The van der Waals surface area contributed by atoms with E-state index in [1.54, 1.807) is 12.3 Å². The second-order valence-corrected chi connectivity index (χ2v) is 8.28. The lowest BCUT2D eigenvalue weighted by Crippen LogP contribution is -2.26. The van der Waals surface area contributed by atoms with E-state index < -0.39 is 0 Å². The molecule has 1 aliphatic carbocycles. The minimum atomic E-state index is -0.0373. The summed E-state index contributed by atoms with van der Waals surface area (Å²) >= 11 is 0. The number of H-pyrrole nitrogens is 1. The van der Waals surface area contributed by atoms with E-state index in [4.69, 9.17) is 15.3 Å². The summed E-state index contributed by atoms with van der Waals surface area (Å²) in [6.07, 6.45) is 7.32. The van der Waals surface area contributed by atoms with Gasteiger partial charge in [0, 0.05) is 24.3 Å². The van der Waals surface area contributed by atoms with Crippen LogP contribution in [-0.2, 0) is 0 Å². The number of aryl methyl sites for hydroxylation is 2. The number of hydrogen-bond acceptors (Lipinski definition) is 9. The summed E-state index contributed by atoms with van der Waals surface area (Å²) in [5, 5.41) is 24.2. The molecule has 176 valence electrons. The molecule has 1 atom stereocenters. The summed E-state index contributed by atoms with van der Waals surface area (Å²) in [6.45, 7) is 3.88. The van der Waals surface area contributed by atoms with Crippen molar-refractivity contribution in [3.05, 3.63) is 70.9 Å². The third-order valence-corrected chi connectivity index (χ3v) is 5.56. The maximum absolute atomic E-state index is 9.02. The Morgan fingerprint density at radius 2 is 1.94 bits per heavy atom. The number of rotatable bonds is 7. The highest BCUT2D eigenvalue weighted by atomic mass is 16.5. The summed E-state index contributed by atoms with van der Waals surface area (Å²) < 4.78 is 6.33. The number of nitriles is 2. The molecule has 10 nitrogen and oxygen atoms in total. The Bertz CT molecular complexity index is 1570. The molecule has 0 amide bonds. The van der Waals surface area contributed by atoms with Gasteiger partial charge in [0.2, 0.25) is 11.9 Å². The van der Waals surface area contributed by atoms with Crippen LogP contribution in [0.4, 0.5) is 17.7 Å².